The number of benzene rings is 2. The highest BCUT2D eigenvalue weighted by molar-refractivity contribution is 6.35. The highest BCUT2D eigenvalue weighted by Gasteiger charge is 2.31. The van der Waals surface area contributed by atoms with Crippen molar-refractivity contribution in [2.24, 2.45) is 5.73 Å². The summed E-state index contributed by atoms with van der Waals surface area (Å²) in [7, 11) is 0. The Balaban J connectivity index is 1.28. The topological polar surface area (TPSA) is 106 Å². The number of carbonyl (C=O) groups is 2. The summed E-state index contributed by atoms with van der Waals surface area (Å²) in [6.07, 6.45) is 11.1. The highest BCUT2D eigenvalue weighted by atomic mass is 16.2. The molecule has 0 saturated heterocycles. The van der Waals surface area contributed by atoms with Gasteiger partial charge in [-0.05, 0) is 74.6 Å². The largest absolute Gasteiger partial charge is 0.358 e. The molecule has 0 bridgehead atoms. The van der Waals surface area contributed by atoms with Crippen molar-refractivity contribution < 1.29 is 9.59 Å². The van der Waals surface area contributed by atoms with Crippen LogP contribution in [0.3, 0.4) is 0 Å². The second-order valence-corrected chi connectivity index (χ2v) is 10.9. The number of para-hydroxylation sites is 1. The average Bonchev–Trinajstić information content (AvgIpc) is 3.71. The number of carbonyl (C=O) groups excluding carboxylic acids is 2. The summed E-state index contributed by atoms with van der Waals surface area (Å²) in [5, 5.41) is 7.49. The molecule has 4 aromatic rings. The van der Waals surface area contributed by atoms with E-state index in [9.17, 15) is 9.59 Å². The summed E-state index contributed by atoms with van der Waals surface area (Å²) >= 11 is 0. The van der Waals surface area contributed by atoms with Crippen molar-refractivity contribution in [3.63, 3.8) is 0 Å². The van der Waals surface area contributed by atoms with E-state index in [-0.39, 0.29) is 17.2 Å². The maximum Gasteiger partial charge on any atom is 0.256 e. The minimum Gasteiger partial charge on any atom is -0.358 e. The lowest BCUT2D eigenvalue weighted by molar-refractivity contribution is -0.110. The summed E-state index contributed by atoms with van der Waals surface area (Å²) in [6, 6.07) is 15.9. The fraction of sp³-hybridized carbons (Fsp3) is 0.281. The van der Waals surface area contributed by atoms with Gasteiger partial charge in [0, 0.05) is 51.9 Å². The van der Waals surface area contributed by atoms with Crippen molar-refractivity contribution in [2.45, 2.75) is 57.9 Å². The zero-order valence-corrected chi connectivity index (χ0v) is 22.4. The van der Waals surface area contributed by atoms with E-state index in [4.69, 9.17) is 5.73 Å². The average molecular weight is 520 g/mol. The number of amides is 1. The SMILES string of the molecule is Cc1[nH]c(/C=C2\C(=O)Nc3ccc(-c4cnn(-c5ccccc5)c4)cc32)c(C)c1C(=O)CCC1(N)CCCC1. The van der Waals surface area contributed by atoms with Gasteiger partial charge >= 0.3 is 0 Å². The van der Waals surface area contributed by atoms with E-state index in [1.54, 1.807) is 0 Å². The number of rotatable bonds is 7. The van der Waals surface area contributed by atoms with Crippen LogP contribution in [0.5, 0.6) is 0 Å². The Hall–Kier alpha value is -4.23. The molecule has 0 spiro atoms. The van der Waals surface area contributed by atoms with Crippen LogP contribution in [0.1, 0.15) is 71.4 Å². The summed E-state index contributed by atoms with van der Waals surface area (Å²) in [6.45, 7) is 3.86. The molecule has 0 unspecified atom stereocenters. The molecule has 0 atom stereocenters. The first-order chi connectivity index (χ1) is 18.8. The summed E-state index contributed by atoms with van der Waals surface area (Å²) in [5.74, 6) is -0.0513. The molecular weight excluding hydrogens is 486 g/mol. The Labute approximate surface area is 228 Å². The number of anilines is 1. The fourth-order valence-corrected chi connectivity index (χ4v) is 6.00. The van der Waals surface area contributed by atoms with E-state index in [2.05, 4.69) is 15.4 Å². The van der Waals surface area contributed by atoms with Gasteiger partial charge in [0.05, 0.1) is 17.5 Å². The number of hydrogen-bond acceptors (Lipinski definition) is 4. The van der Waals surface area contributed by atoms with Gasteiger partial charge in [-0.1, -0.05) is 37.1 Å². The number of nitrogens with two attached hydrogens (primary N) is 1. The number of aromatic nitrogens is 3. The minimum absolute atomic E-state index is 0.108. The fourth-order valence-electron chi connectivity index (χ4n) is 6.00. The van der Waals surface area contributed by atoms with Crippen LogP contribution in [0.4, 0.5) is 5.69 Å². The van der Waals surface area contributed by atoms with Crippen molar-refractivity contribution in [3.8, 4) is 16.8 Å². The molecule has 4 N–H and O–H groups in total. The van der Waals surface area contributed by atoms with Gasteiger partial charge in [0.1, 0.15) is 0 Å². The van der Waals surface area contributed by atoms with Crippen LogP contribution in [0.15, 0.2) is 60.9 Å². The molecule has 1 fully saturated rings. The molecule has 3 heterocycles. The highest BCUT2D eigenvalue weighted by Crippen LogP contribution is 2.37. The lowest BCUT2D eigenvalue weighted by atomic mass is 9.90. The maximum absolute atomic E-state index is 13.2. The molecule has 1 saturated carbocycles. The van der Waals surface area contributed by atoms with Gasteiger partial charge in [-0.2, -0.15) is 5.10 Å². The monoisotopic (exact) mass is 519 g/mol. The van der Waals surface area contributed by atoms with Crippen LogP contribution >= 0.6 is 0 Å². The number of Topliss-reactive ketones (excluding diaryl/α,β-unsaturated/α-hetero) is 1. The van der Waals surface area contributed by atoms with Gasteiger partial charge in [-0.15, -0.1) is 0 Å². The predicted molar refractivity (Wildman–Crippen MR) is 155 cm³/mol. The zero-order valence-electron chi connectivity index (χ0n) is 22.4. The number of hydrogen-bond donors (Lipinski definition) is 3. The maximum atomic E-state index is 13.2. The van der Waals surface area contributed by atoms with Gasteiger partial charge in [0.25, 0.3) is 5.91 Å². The van der Waals surface area contributed by atoms with E-state index in [0.717, 1.165) is 70.7 Å². The Kier molecular flexibility index (Phi) is 6.31. The molecule has 2 aromatic carbocycles. The van der Waals surface area contributed by atoms with Crippen LogP contribution in [0, 0.1) is 13.8 Å². The van der Waals surface area contributed by atoms with E-state index in [1.165, 1.54) is 0 Å². The predicted octanol–water partition coefficient (Wildman–Crippen LogP) is 6.21. The van der Waals surface area contributed by atoms with Crippen LogP contribution in [-0.4, -0.2) is 32.0 Å². The first kappa shape index (κ1) is 25.1. The van der Waals surface area contributed by atoms with E-state index < -0.39 is 0 Å². The molecule has 1 amide bonds. The van der Waals surface area contributed by atoms with Crippen molar-refractivity contribution in [1.29, 1.82) is 0 Å². The number of nitrogens with one attached hydrogen (secondary N) is 2. The molecule has 0 radical (unpaired) electrons. The molecule has 1 aliphatic carbocycles. The summed E-state index contributed by atoms with van der Waals surface area (Å²) in [4.78, 5) is 29.6. The lowest BCUT2D eigenvalue weighted by Crippen LogP contribution is -2.36. The number of ketones is 1. The van der Waals surface area contributed by atoms with Crippen LogP contribution in [0.2, 0.25) is 0 Å². The van der Waals surface area contributed by atoms with Crippen molar-refractivity contribution >= 4 is 29.0 Å². The van der Waals surface area contributed by atoms with Gasteiger partial charge in [-0.25, -0.2) is 4.68 Å². The number of H-pyrrole nitrogens is 1. The van der Waals surface area contributed by atoms with Crippen molar-refractivity contribution in [1.82, 2.24) is 14.8 Å². The third-order valence-electron chi connectivity index (χ3n) is 8.23. The smallest absolute Gasteiger partial charge is 0.256 e. The Bertz CT molecular complexity index is 1600. The molecule has 1 aliphatic heterocycles. The van der Waals surface area contributed by atoms with Gasteiger partial charge in [0.2, 0.25) is 0 Å². The third kappa shape index (κ3) is 4.74. The van der Waals surface area contributed by atoms with E-state index in [0.29, 0.717) is 24.0 Å². The van der Waals surface area contributed by atoms with E-state index in [1.807, 2.05) is 85.5 Å². The standard InChI is InChI=1S/C32H33N5O2/c1-20-28(35-21(2)30(20)29(38)12-15-32(33)13-6-7-14-32)17-26-25-16-22(10-11-27(25)36-31(26)39)23-18-34-37(19-23)24-8-4-3-5-9-24/h3-5,8-11,16-19,35H,6-7,12-15,33H2,1-2H3,(H,36,39)/b26-17-. The first-order valence-electron chi connectivity index (χ1n) is 13.6. The third-order valence-corrected chi connectivity index (χ3v) is 8.23. The number of aryl methyl sites for hydroxylation is 1. The zero-order chi connectivity index (χ0) is 27.1. The number of aromatic amines is 1. The second-order valence-electron chi connectivity index (χ2n) is 10.9. The lowest BCUT2D eigenvalue weighted by Gasteiger charge is -2.22. The van der Waals surface area contributed by atoms with Crippen molar-refractivity contribution in [2.75, 3.05) is 5.32 Å². The van der Waals surface area contributed by atoms with Crippen LogP contribution in [-0.2, 0) is 4.79 Å². The Morgan fingerprint density at radius 1 is 1.10 bits per heavy atom. The summed E-state index contributed by atoms with van der Waals surface area (Å²) < 4.78 is 1.84. The molecule has 7 nitrogen and oxygen atoms in total. The quantitative estimate of drug-likeness (QED) is 0.199. The van der Waals surface area contributed by atoms with E-state index >= 15 is 0 Å². The van der Waals surface area contributed by atoms with Gasteiger partial charge < -0.3 is 16.0 Å². The Morgan fingerprint density at radius 2 is 1.87 bits per heavy atom. The van der Waals surface area contributed by atoms with Crippen molar-refractivity contribution in [3.05, 3.63) is 89.0 Å². The molecule has 7 heteroatoms. The van der Waals surface area contributed by atoms with Crippen LogP contribution < -0.4 is 11.1 Å². The number of nitrogens with zero attached hydrogens (tertiary/aromatic N) is 2. The number of fused-ring (bicyclic) bond motifs is 1. The van der Waals surface area contributed by atoms with Gasteiger partial charge in [-0.3, -0.25) is 9.59 Å². The second kappa shape index (κ2) is 9.82. The minimum atomic E-state index is -0.209. The first-order valence-corrected chi connectivity index (χ1v) is 13.6. The molecule has 2 aliphatic rings. The molecule has 2 aromatic heterocycles. The van der Waals surface area contributed by atoms with Gasteiger partial charge in [0.15, 0.2) is 5.78 Å². The molecule has 6 rings (SSSR count). The molecule has 198 valence electrons. The van der Waals surface area contributed by atoms with Crippen LogP contribution in [0.25, 0.3) is 28.5 Å². The Morgan fingerprint density at radius 3 is 2.64 bits per heavy atom. The molecule has 39 heavy (non-hydrogen) atoms. The summed E-state index contributed by atoms with van der Waals surface area (Å²) in [5.41, 5.74) is 14.5. The normalized spacial score (nSPS) is 17.0. The molecular formula is C32H33N5O2.